The molecule has 1 atom stereocenters. The van der Waals surface area contributed by atoms with Crippen molar-refractivity contribution >= 4 is 23.6 Å². The number of carbonyl (C=O) groups excluding carboxylic acids is 2. The van der Waals surface area contributed by atoms with Crippen molar-refractivity contribution in [3.63, 3.8) is 0 Å². The molecule has 3 rings (SSSR count). The highest BCUT2D eigenvalue weighted by molar-refractivity contribution is 6.07. The molecular weight excluding hydrogens is 458 g/mol. The Bertz CT molecular complexity index is 1140. The fraction of sp³-hybridized carbons (Fsp3) is 0.407. The minimum absolute atomic E-state index is 0.0611. The zero-order valence-electron chi connectivity index (χ0n) is 21.6. The van der Waals surface area contributed by atoms with E-state index in [1.807, 2.05) is 61.3 Å². The van der Waals surface area contributed by atoms with Crippen LogP contribution in [0.25, 0.3) is 0 Å². The summed E-state index contributed by atoms with van der Waals surface area (Å²) < 4.78 is 10.6. The Morgan fingerprint density at radius 1 is 1.06 bits per heavy atom. The summed E-state index contributed by atoms with van der Waals surface area (Å²) in [7, 11) is 0. The van der Waals surface area contributed by atoms with E-state index in [-0.39, 0.29) is 24.8 Å². The fourth-order valence-corrected chi connectivity index (χ4v) is 3.98. The third-order valence-corrected chi connectivity index (χ3v) is 5.74. The SMILES string of the molecule is CC(C)OC(=O)NN(CC1N(c2ccc(C#N)cc2)N=C(c2ccccc2)C1(C)C)C(=O)OC(C)C. The normalized spacial score (nSPS) is 16.4. The largest absolute Gasteiger partial charge is 0.446 e. The number of hydrazone groups is 1. The van der Waals surface area contributed by atoms with Crippen molar-refractivity contribution in [2.45, 2.75) is 59.8 Å². The molecular formula is C27H33N5O4. The molecule has 2 aromatic rings. The van der Waals surface area contributed by atoms with E-state index in [2.05, 4.69) is 11.5 Å². The molecule has 0 aromatic heterocycles. The van der Waals surface area contributed by atoms with Gasteiger partial charge in [0.25, 0.3) is 0 Å². The van der Waals surface area contributed by atoms with Crippen LogP contribution in [0.5, 0.6) is 0 Å². The molecule has 1 N–H and O–H groups in total. The van der Waals surface area contributed by atoms with Crippen LogP contribution in [0.1, 0.15) is 52.7 Å². The number of hydrogen-bond donors (Lipinski definition) is 1. The molecule has 2 aromatic carbocycles. The van der Waals surface area contributed by atoms with Gasteiger partial charge in [0.2, 0.25) is 0 Å². The van der Waals surface area contributed by atoms with E-state index in [9.17, 15) is 14.9 Å². The van der Waals surface area contributed by atoms with Gasteiger partial charge in [0.15, 0.2) is 0 Å². The maximum Gasteiger partial charge on any atom is 0.429 e. The van der Waals surface area contributed by atoms with Crippen LogP contribution in [-0.2, 0) is 9.47 Å². The predicted molar refractivity (Wildman–Crippen MR) is 137 cm³/mol. The number of benzene rings is 2. The Morgan fingerprint density at radius 3 is 2.22 bits per heavy atom. The van der Waals surface area contributed by atoms with E-state index in [1.165, 1.54) is 0 Å². The number of nitrogens with one attached hydrogen (secondary N) is 1. The van der Waals surface area contributed by atoms with Gasteiger partial charge < -0.3 is 9.47 Å². The van der Waals surface area contributed by atoms with Gasteiger partial charge in [-0.2, -0.15) is 10.4 Å². The molecule has 0 saturated carbocycles. The Labute approximate surface area is 212 Å². The first-order valence-electron chi connectivity index (χ1n) is 11.9. The van der Waals surface area contributed by atoms with Gasteiger partial charge in [-0.05, 0) is 57.5 Å². The zero-order valence-corrected chi connectivity index (χ0v) is 21.6. The van der Waals surface area contributed by atoms with Crippen molar-refractivity contribution in [1.82, 2.24) is 10.4 Å². The van der Waals surface area contributed by atoms with Crippen molar-refractivity contribution in [3.8, 4) is 6.07 Å². The number of nitriles is 1. The molecule has 0 saturated heterocycles. The summed E-state index contributed by atoms with van der Waals surface area (Å²) in [4.78, 5) is 25.4. The van der Waals surface area contributed by atoms with E-state index in [0.29, 0.717) is 5.56 Å². The molecule has 0 aliphatic carbocycles. The topological polar surface area (TPSA) is 107 Å². The van der Waals surface area contributed by atoms with E-state index < -0.39 is 17.6 Å². The first-order valence-corrected chi connectivity index (χ1v) is 11.9. The molecule has 0 radical (unpaired) electrons. The van der Waals surface area contributed by atoms with Gasteiger partial charge in [0.1, 0.15) is 0 Å². The predicted octanol–water partition coefficient (Wildman–Crippen LogP) is 5.07. The van der Waals surface area contributed by atoms with Crippen molar-refractivity contribution in [2.24, 2.45) is 10.5 Å². The van der Waals surface area contributed by atoms with Gasteiger partial charge in [0.05, 0.1) is 47.8 Å². The summed E-state index contributed by atoms with van der Waals surface area (Å²) in [5, 5.41) is 17.1. The molecule has 2 amide bonds. The Kier molecular flexibility index (Phi) is 8.20. The van der Waals surface area contributed by atoms with Gasteiger partial charge in [-0.25, -0.2) is 20.0 Å². The van der Waals surface area contributed by atoms with Gasteiger partial charge in [-0.3, -0.25) is 5.01 Å². The Morgan fingerprint density at radius 2 is 1.67 bits per heavy atom. The summed E-state index contributed by atoms with van der Waals surface area (Å²) in [6.45, 7) is 11.1. The van der Waals surface area contributed by atoms with Gasteiger partial charge in [-0.15, -0.1) is 0 Å². The number of anilines is 1. The van der Waals surface area contributed by atoms with Crippen LogP contribution in [-0.4, -0.2) is 47.7 Å². The average Bonchev–Trinajstić information content (AvgIpc) is 3.08. The molecule has 1 unspecified atom stereocenters. The highest BCUT2D eigenvalue weighted by atomic mass is 16.6. The fourth-order valence-electron chi connectivity index (χ4n) is 3.98. The number of hydrogen-bond acceptors (Lipinski definition) is 7. The number of rotatable bonds is 6. The van der Waals surface area contributed by atoms with Gasteiger partial charge in [-0.1, -0.05) is 44.2 Å². The van der Waals surface area contributed by atoms with Crippen LogP contribution in [0, 0.1) is 16.7 Å². The van der Waals surface area contributed by atoms with Gasteiger partial charge >= 0.3 is 12.2 Å². The second-order valence-corrected chi connectivity index (χ2v) is 9.66. The maximum atomic E-state index is 13.0. The van der Waals surface area contributed by atoms with E-state index in [0.717, 1.165) is 22.0 Å². The monoisotopic (exact) mass is 491 g/mol. The highest BCUT2D eigenvalue weighted by Gasteiger charge is 2.47. The smallest absolute Gasteiger partial charge is 0.429 e. The van der Waals surface area contributed by atoms with Crippen LogP contribution < -0.4 is 10.4 Å². The summed E-state index contributed by atoms with van der Waals surface area (Å²) in [5.74, 6) is 0. The average molecular weight is 492 g/mol. The molecule has 190 valence electrons. The molecule has 9 nitrogen and oxygen atoms in total. The van der Waals surface area contributed by atoms with E-state index >= 15 is 0 Å². The second kappa shape index (κ2) is 11.1. The van der Waals surface area contributed by atoms with Crippen LogP contribution in [0.15, 0.2) is 59.7 Å². The highest BCUT2D eigenvalue weighted by Crippen LogP contribution is 2.40. The summed E-state index contributed by atoms with van der Waals surface area (Å²) >= 11 is 0. The minimum atomic E-state index is -0.754. The number of carbonyl (C=O) groups is 2. The lowest BCUT2D eigenvalue weighted by molar-refractivity contribution is 0.0425. The number of amides is 2. The molecule has 36 heavy (non-hydrogen) atoms. The Hall–Kier alpha value is -4.06. The minimum Gasteiger partial charge on any atom is -0.446 e. The standard InChI is InChI=1S/C27H33N5O4/c1-18(2)35-25(33)30-31(26(34)36-19(3)4)17-23-27(5,6)24(21-10-8-7-9-11-21)29-32(23)22-14-12-20(16-28)13-15-22/h7-15,18-19,23H,17H2,1-6H3,(H,30,33). The van der Waals surface area contributed by atoms with Crippen molar-refractivity contribution in [3.05, 3.63) is 65.7 Å². The lowest BCUT2D eigenvalue weighted by Crippen LogP contribution is -2.56. The molecule has 1 heterocycles. The third kappa shape index (κ3) is 6.13. The number of ether oxygens (including phenoxy) is 2. The lowest BCUT2D eigenvalue weighted by Gasteiger charge is -2.36. The van der Waals surface area contributed by atoms with Crippen molar-refractivity contribution in [1.29, 1.82) is 5.26 Å². The van der Waals surface area contributed by atoms with Crippen LogP contribution in [0.2, 0.25) is 0 Å². The van der Waals surface area contributed by atoms with Gasteiger partial charge in [0, 0.05) is 5.41 Å². The van der Waals surface area contributed by atoms with E-state index in [1.54, 1.807) is 39.8 Å². The first-order chi connectivity index (χ1) is 17.0. The number of nitrogens with zero attached hydrogens (tertiary/aromatic N) is 4. The summed E-state index contributed by atoms with van der Waals surface area (Å²) in [5.41, 5.74) is 5.06. The second-order valence-electron chi connectivity index (χ2n) is 9.66. The maximum absolute atomic E-state index is 13.0. The number of hydrazine groups is 1. The molecule has 1 aliphatic heterocycles. The molecule has 1 aliphatic rings. The molecule has 0 bridgehead atoms. The Balaban J connectivity index is 2.01. The summed E-state index contributed by atoms with van der Waals surface area (Å²) in [6.07, 6.45) is -2.20. The van der Waals surface area contributed by atoms with E-state index in [4.69, 9.17) is 14.6 Å². The summed E-state index contributed by atoms with van der Waals surface area (Å²) in [6, 6.07) is 18.6. The quantitative estimate of drug-likeness (QED) is 0.565. The zero-order chi connectivity index (χ0) is 26.5. The van der Waals surface area contributed by atoms with Crippen LogP contribution in [0.3, 0.4) is 0 Å². The molecule has 0 spiro atoms. The van der Waals surface area contributed by atoms with Crippen LogP contribution >= 0.6 is 0 Å². The molecule has 9 heteroatoms. The van der Waals surface area contributed by atoms with Crippen molar-refractivity contribution < 1.29 is 19.1 Å². The third-order valence-electron chi connectivity index (χ3n) is 5.74. The van der Waals surface area contributed by atoms with Crippen molar-refractivity contribution in [2.75, 3.05) is 11.6 Å². The first kappa shape index (κ1) is 26.5. The van der Waals surface area contributed by atoms with Crippen LogP contribution in [0.4, 0.5) is 15.3 Å². The lowest BCUT2D eigenvalue weighted by atomic mass is 9.77. The molecule has 0 fully saturated rings.